The average Bonchev–Trinajstić information content (AvgIpc) is 3.30. The van der Waals surface area contributed by atoms with Crippen LogP contribution in [0.4, 0.5) is 17.2 Å². The van der Waals surface area contributed by atoms with Crippen molar-refractivity contribution in [1.82, 2.24) is 24.8 Å². The second-order valence-corrected chi connectivity index (χ2v) is 11.1. The van der Waals surface area contributed by atoms with E-state index in [0.29, 0.717) is 6.47 Å². The molecule has 0 saturated carbocycles. The molecule has 9 nitrogen and oxygen atoms in total. The molecular weight excluding hydrogens is 478 g/mol. The Hall–Kier alpha value is -3.43. The van der Waals surface area contributed by atoms with Gasteiger partial charge in [0.1, 0.15) is 17.1 Å². The van der Waals surface area contributed by atoms with E-state index >= 15 is 0 Å². The largest absolute Gasteiger partial charge is 0.462 e. The van der Waals surface area contributed by atoms with Crippen molar-refractivity contribution in [2.24, 2.45) is 0 Å². The second kappa shape index (κ2) is 12.0. The Morgan fingerprint density at radius 1 is 1.05 bits per heavy atom. The molecule has 2 aliphatic rings. The number of aromatic nitrogens is 3. The van der Waals surface area contributed by atoms with Gasteiger partial charge in [-0.05, 0) is 72.0 Å². The molecule has 0 atom stereocenters. The lowest BCUT2D eigenvalue weighted by atomic mass is 10.1. The van der Waals surface area contributed by atoms with Gasteiger partial charge >= 0.3 is 0 Å². The predicted octanol–water partition coefficient (Wildman–Crippen LogP) is 4.44. The molecule has 2 aliphatic heterocycles. The highest BCUT2D eigenvalue weighted by Gasteiger charge is 2.17. The van der Waals surface area contributed by atoms with Gasteiger partial charge in [0.25, 0.3) is 6.47 Å². The Bertz CT molecular complexity index is 1270. The lowest BCUT2D eigenvalue weighted by Gasteiger charge is -2.33. The van der Waals surface area contributed by atoms with E-state index in [-0.39, 0.29) is 5.60 Å². The van der Waals surface area contributed by atoms with E-state index in [9.17, 15) is 4.79 Å². The van der Waals surface area contributed by atoms with Crippen LogP contribution in [0.1, 0.15) is 38.6 Å². The molecule has 0 unspecified atom stereocenters. The molecule has 0 bridgehead atoms. The first kappa shape index (κ1) is 27.6. The number of hydrogen-bond acceptors (Lipinski definition) is 8. The summed E-state index contributed by atoms with van der Waals surface area (Å²) in [6.07, 6.45) is 5.24. The zero-order chi connectivity index (χ0) is 27.3. The van der Waals surface area contributed by atoms with Crippen LogP contribution in [0.2, 0.25) is 0 Å². The fourth-order valence-electron chi connectivity index (χ4n) is 4.54. The van der Waals surface area contributed by atoms with Gasteiger partial charge in [-0.25, -0.2) is 9.97 Å². The van der Waals surface area contributed by atoms with Gasteiger partial charge in [-0.3, -0.25) is 4.79 Å². The summed E-state index contributed by atoms with van der Waals surface area (Å²) in [7, 11) is 4.34. The van der Waals surface area contributed by atoms with Crippen molar-refractivity contribution in [2.75, 3.05) is 63.6 Å². The summed E-state index contributed by atoms with van der Waals surface area (Å²) in [5.41, 5.74) is 6.31. The van der Waals surface area contributed by atoms with Crippen LogP contribution < -0.4 is 10.2 Å². The number of ether oxygens (including phenoxy) is 1. The molecular formula is C29H41N7O2. The summed E-state index contributed by atoms with van der Waals surface area (Å²) in [4.78, 5) is 29.6. The lowest BCUT2D eigenvalue weighted by Crippen LogP contribution is -2.44. The summed E-state index contributed by atoms with van der Waals surface area (Å²) < 4.78 is 4.55. The lowest BCUT2D eigenvalue weighted by molar-refractivity contribution is -0.138. The molecule has 38 heavy (non-hydrogen) atoms. The van der Waals surface area contributed by atoms with Crippen LogP contribution in [0.15, 0.2) is 36.5 Å². The SMILES string of the molecule is CC(C)(C)OC=O.Cc1cc(Nc2ccnc3[nH]c(C4=CCN(C)CC4)cc23)cc(N2CCN(C)CC2)n1. The molecule has 3 aromatic heterocycles. The van der Waals surface area contributed by atoms with Crippen LogP contribution in [0.3, 0.4) is 0 Å². The van der Waals surface area contributed by atoms with Gasteiger partial charge in [-0.2, -0.15) is 0 Å². The average molecular weight is 520 g/mol. The fraction of sp³-hybridized carbons (Fsp3) is 0.483. The van der Waals surface area contributed by atoms with Crippen LogP contribution in [-0.2, 0) is 9.53 Å². The van der Waals surface area contributed by atoms with Gasteiger partial charge < -0.3 is 29.7 Å². The van der Waals surface area contributed by atoms with Crippen molar-refractivity contribution in [3.05, 3.63) is 47.9 Å². The first-order chi connectivity index (χ1) is 18.1. The summed E-state index contributed by atoms with van der Waals surface area (Å²) in [5.74, 6) is 1.05. The van der Waals surface area contributed by atoms with E-state index in [1.807, 2.05) is 33.0 Å². The summed E-state index contributed by atoms with van der Waals surface area (Å²) in [5, 5.41) is 4.75. The van der Waals surface area contributed by atoms with Gasteiger partial charge in [0.2, 0.25) is 0 Å². The molecule has 5 rings (SSSR count). The number of piperazine rings is 1. The first-order valence-corrected chi connectivity index (χ1v) is 13.3. The number of fused-ring (bicyclic) bond motifs is 1. The molecule has 204 valence electrons. The summed E-state index contributed by atoms with van der Waals surface area (Å²) in [6.45, 7) is 14.2. The van der Waals surface area contributed by atoms with E-state index in [2.05, 4.69) is 80.0 Å². The number of hydrogen-bond donors (Lipinski definition) is 2. The molecule has 1 saturated heterocycles. The smallest absolute Gasteiger partial charge is 0.293 e. The van der Waals surface area contributed by atoms with Crippen molar-refractivity contribution in [1.29, 1.82) is 0 Å². The third kappa shape index (κ3) is 7.33. The number of aromatic amines is 1. The molecule has 0 spiro atoms. The topological polar surface area (TPSA) is 89.6 Å². The maximum absolute atomic E-state index is 9.60. The minimum absolute atomic E-state index is 0.318. The monoisotopic (exact) mass is 519 g/mol. The quantitative estimate of drug-likeness (QED) is 0.479. The first-order valence-electron chi connectivity index (χ1n) is 13.3. The van der Waals surface area contributed by atoms with E-state index < -0.39 is 0 Å². The number of anilines is 3. The molecule has 0 amide bonds. The minimum atomic E-state index is -0.318. The van der Waals surface area contributed by atoms with Crippen LogP contribution in [-0.4, -0.2) is 90.2 Å². The maximum atomic E-state index is 9.60. The van der Waals surface area contributed by atoms with Crippen molar-refractivity contribution >= 4 is 40.3 Å². The van der Waals surface area contributed by atoms with Crippen molar-refractivity contribution < 1.29 is 9.53 Å². The molecule has 0 aliphatic carbocycles. The third-order valence-corrected chi connectivity index (χ3v) is 6.74. The number of aryl methyl sites for hydroxylation is 1. The zero-order valence-electron chi connectivity index (χ0n) is 23.5. The molecule has 5 heterocycles. The molecule has 0 aromatic carbocycles. The second-order valence-electron chi connectivity index (χ2n) is 11.1. The highest BCUT2D eigenvalue weighted by Crippen LogP contribution is 2.31. The van der Waals surface area contributed by atoms with E-state index in [1.165, 1.54) is 11.3 Å². The Kier molecular flexibility index (Phi) is 8.69. The number of carbonyl (C=O) groups excluding carboxylic acids is 1. The van der Waals surface area contributed by atoms with Crippen molar-refractivity contribution in [3.8, 4) is 0 Å². The van der Waals surface area contributed by atoms with Gasteiger partial charge in [-0.15, -0.1) is 0 Å². The number of H-pyrrole nitrogens is 1. The molecule has 1 fully saturated rings. The van der Waals surface area contributed by atoms with Gasteiger partial charge in [0.05, 0.1) is 5.69 Å². The van der Waals surface area contributed by atoms with Gasteiger partial charge in [0.15, 0.2) is 0 Å². The van der Waals surface area contributed by atoms with Crippen molar-refractivity contribution in [2.45, 2.75) is 39.7 Å². The molecule has 3 aromatic rings. The Balaban J connectivity index is 0.000000426. The summed E-state index contributed by atoms with van der Waals surface area (Å²) in [6, 6.07) is 8.56. The van der Waals surface area contributed by atoms with E-state index in [0.717, 1.165) is 79.6 Å². The summed E-state index contributed by atoms with van der Waals surface area (Å²) >= 11 is 0. The van der Waals surface area contributed by atoms with Gasteiger partial charge in [0, 0.05) is 74.0 Å². The Morgan fingerprint density at radius 2 is 1.82 bits per heavy atom. The Labute approximate surface area is 225 Å². The number of nitrogens with one attached hydrogen (secondary N) is 2. The van der Waals surface area contributed by atoms with Crippen molar-refractivity contribution in [3.63, 3.8) is 0 Å². The van der Waals surface area contributed by atoms with Gasteiger partial charge in [-0.1, -0.05) is 6.08 Å². The van der Waals surface area contributed by atoms with Crippen LogP contribution >= 0.6 is 0 Å². The normalized spacial score (nSPS) is 17.0. The molecule has 9 heteroatoms. The predicted molar refractivity (Wildman–Crippen MR) is 155 cm³/mol. The van der Waals surface area contributed by atoms with Crippen LogP contribution in [0, 0.1) is 6.92 Å². The number of rotatable bonds is 5. The van der Waals surface area contributed by atoms with E-state index in [4.69, 9.17) is 4.98 Å². The highest BCUT2D eigenvalue weighted by molar-refractivity contribution is 5.94. The van der Waals surface area contributed by atoms with E-state index in [1.54, 1.807) is 0 Å². The van der Waals surface area contributed by atoms with Crippen LogP contribution in [0.25, 0.3) is 16.6 Å². The zero-order valence-corrected chi connectivity index (χ0v) is 23.5. The highest BCUT2D eigenvalue weighted by atomic mass is 16.5. The number of carbonyl (C=O) groups is 1. The number of likely N-dealkylation sites (N-methyl/N-ethyl adjacent to an activating group) is 2. The van der Waals surface area contributed by atoms with Crippen LogP contribution in [0.5, 0.6) is 0 Å². The standard InChI is InChI=1S/C24H31N7.C5H10O2/c1-17-14-19(15-23(26-17)31-12-10-30(3)11-13-31)27-21-4-7-25-24-20(21)16-22(28-24)18-5-8-29(2)9-6-18;1-5(2,3)7-4-6/h4-5,7,14-16H,6,8-13H2,1-3H3,(H2,25,26,27,28);4H,1-3H3. The third-order valence-electron chi connectivity index (χ3n) is 6.74. The number of pyridine rings is 2. The maximum Gasteiger partial charge on any atom is 0.293 e. The molecule has 2 N–H and O–H groups in total. The fourth-order valence-corrected chi connectivity index (χ4v) is 4.54. The molecule has 0 radical (unpaired) electrons. The number of nitrogens with zero attached hydrogens (tertiary/aromatic N) is 5. The Morgan fingerprint density at radius 3 is 2.45 bits per heavy atom. The minimum Gasteiger partial charge on any atom is -0.462 e.